The molecule has 1 spiro atoms. The van der Waals surface area contributed by atoms with Crippen LogP contribution in [0, 0.1) is 17.3 Å². The Labute approximate surface area is 125 Å². The van der Waals surface area contributed by atoms with Gasteiger partial charge in [-0.25, -0.2) is 0 Å². The van der Waals surface area contributed by atoms with Gasteiger partial charge in [-0.2, -0.15) is 0 Å². The topological polar surface area (TPSA) is 68.3 Å². The highest BCUT2D eigenvalue weighted by atomic mass is 16.2. The Bertz CT molecular complexity index is 433. The van der Waals surface area contributed by atoms with Crippen molar-refractivity contribution in [3.05, 3.63) is 0 Å². The fourth-order valence-electron chi connectivity index (χ4n) is 3.79. The molecule has 2 aliphatic rings. The van der Waals surface area contributed by atoms with E-state index in [4.69, 9.17) is 0 Å². The summed E-state index contributed by atoms with van der Waals surface area (Å²) in [6, 6.07) is 0. The second-order valence-corrected chi connectivity index (χ2v) is 6.56. The Morgan fingerprint density at radius 3 is 1.52 bits per heavy atom. The van der Waals surface area contributed by atoms with Gasteiger partial charge in [0.15, 0.2) is 0 Å². The van der Waals surface area contributed by atoms with E-state index in [1.807, 2.05) is 13.8 Å². The van der Waals surface area contributed by atoms with Crippen LogP contribution in [0.5, 0.6) is 0 Å². The zero-order chi connectivity index (χ0) is 15.6. The molecule has 0 aliphatic heterocycles. The summed E-state index contributed by atoms with van der Waals surface area (Å²) in [5.74, 6) is -2.69. The molecule has 0 amide bonds. The Morgan fingerprint density at radius 1 is 0.810 bits per heavy atom. The highest BCUT2D eigenvalue weighted by molar-refractivity contribution is 6.55. The maximum absolute atomic E-state index is 12.4. The van der Waals surface area contributed by atoms with Crippen LogP contribution in [-0.4, -0.2) is 23.1 Å². The van der Waals surface area contributed by atoms with Gasteiger partial charge in [0.25, 0.3) is 0 Å². The summed E-state index contributed by atoms with van der Waals surface area (Å²) in [5, 5.41) is 0. The SMILES string of the molecule is CCCCC1CC2(CC(CCCC)C(=O)C2=O)C(=O)C1=O. The van der Waals surface area contributed by atoms with Crippen molar-refractivity contribution >= 4 is 23.1 Å². The smallest absolute Gasteiger partial charge is 0.212 e. The number of carbonyl (C=O) groups excluding carboxylic acids is 4. The maximum atomic E-state index is 12.4. The fourth-order valence-corrected chi connectivity index (χ4v) is 3.79. The Balaban J connectivity index is 2.18. The van der Waals surface area contributed by atoms with Gasteiger partial charge in [-0.1, -0.05) is 39.5 Å². The van der Waals surface area contributed by atoms with E-state index in [9.17, 15) is 19.2 Å². The molecule has 2 unspecified atom stereocenters. The lowest BCUT2D eigenvalue weighted by Crippen LogP contribution is -2.35. The summed E-state index contributed by atoms with van der Waals surface area (Å²) in [6.45, 7) is 4.06. The van der Waals surface area contributed by atoms with Crippen LogP contribution in [0.1, 0.15) is 65.2 Å². The molecule has 0 aromatic heterocycles. The molecular formula is C17H24O4. The third kappa shape index (κ3) is 2.60. The molecule has 2 atom stereocenters. The van der Waals surface area contributed by atoms with Crippen molar-refractivity contribution in [2.45, 2.75) is 65.2 Å². The monoisotopic (exact) mass is 292 g/mol. The standard InChI is InChI=1S/C17H24O4/c1-3-5-7-11-9-17(15(20)13(11)18)10-12(8-6-4-2)14(19)16(17)21/h11-12H,3-10H2,1-2H3. The third-order valence-corrected chi connectivity index (χ3v) is 5.06. The summed E-state index contributed by atoms with van der Waals surface area (Å²) >= 11 is 0. The van der Waals surface area contributed by atoms with Crippen molar-refractivity contribution in [1.82, 2.24) is 0 Å². The number of rotatable bonds is 6. The summed E-state index contributed by atoms with van der Waals surface area (Å²) in [7, 11) is 0. The second kappa shape index (κ2) is 6.20. The molecule has 0 radical (unpaired) electrons. The predicted octanol–water partition coefficient (Wildman–Crippen LogP) is 2.67. The Hall–Kier alpha value is -1.32. The van der Waals surface area contributed by atoms with E-state index in [1.54, 1.807) is 0 Å². The van der Waals surface area contributed by atoms with Gasteiger partial charge in [0.05, 0.1) is 0 Å². The normalized spacial score (nSPS) is 32.7. The van der Waals surface area contributed by atoms with Gasteiger partial charge in [-0.3, -0.25) is 19.2 Å². The highest BCUT2D eigenvalue weighted by Crippen LogP contribution is 2.49. The first kappa shape index (κ1) is 16.1. The second-order valence-electron chi connectivity index (χ2n) is 6.56. The van der Waals surface area contributed by atoms with Crippen LogP contribution in [0.15, 0.2) is 0 Å². The van der Waals surface area contributed by atoms with E-state index in [0.29, 0.717) is 12.8 Å². The van der Waals surface area contributed by atoms with Gasteiger partial charge in [-0.15, -0.1) is 0 Å². The maximum Gasteiger partial charge on any atom is 0.212 e. The molecule has 4 nitrogen and oxygen atoms in total. The lowest BCUT2D eigenvalue weighted by atomic mass is 9.80. The molecule has 2 aliphatic carbocycles. The Morgan fingerprint density at radius 2 is 1.19 bits per heavy atom. The minimum absolute atomic E-state index is 0.276. The van der Waals surface area contributed by atoms with Crippen LogP contribution in [0.2, 0.25) is 0 Å². The molecule has 0 saturated heterocycles. The van der Waals surface area contributed by atoms with Crippen LogP contribution in [0.4, 0.5) is 0 Å². The number of Topliss-reactive ketones (excluding diaryl/α,β-unsaturated/α-hetero) is 4. The van der Waals surface area contributed by atoms with Crippen molar-refractivity contribution in [1.29, 1.82) is 0 Å². The molecular weight excluding hydrogens is 268 g/mol. The summed E-state index contributed by atoms with van der Waals surface area (Å²) < 4.78 is 0. The first-order valence-corrected chi connectivity index (χ1v) is 8.15. The molecule has 0 heterocycles. The number of unbranched alkanes of at least 4 members (excludes halogenated alkanes) is 2. The molecule has 0 aromatic rings. The zero-order valence-electron chi connectivity index (χ0n) is 12.9. The van der Waals surface area contributed by atoms with E-state index in [1.165, 1.54) is 0 Å². The molecule has 21 heavy (non-hydrogen) atoms. The van der Waals surface area contributed by atoms with Crippen LogP contribution >= 0.6 is 0 Å². The molecule has 2 rings (SSSR count). The van der Waals surface area contributed by atoms with Crippen molar-refractivity contribution in [3.8, 4) is 0 Å². The fraction of sp³-hybridized carbons (Fsp3) is 0.765. The Kier molecular flexibility index (Phi) is 4.74. The van der Waals surface area contributed by atoms with Crippen LogP contribution in [0.25, 0.3) is 0 Å². The van der Waals surface area contributed by atoms with Gasteiger partial charge < -0.3 is 0 Å². The molecule has 2 fully saturated rings. The summed E-state index contributed by atoms with van der Waals surface area (Å²) in [4.78, 5) is 49.0. The molecule has 2 saturated carbocycles. The van der Waals surface area contributed by atoms with Gasteiger partial charge >= 0.3 is 0 Å². The minimum atomic E-state index is -1.29. The number of hydrogen-bond acceptors (Lipinski definition) is 4. The highest BCUT2D eigenvalue weighted by Gasteiger charge is 2.63. The van der Waals surface area contributed by atoms with E-state index in [0.717, 1.165) is 25.7 Å². The van der Waals surface area contributed by atoms with Gasteiger partial charge in [0.1, 0.15) is 5.41 Å². The van der Waals surface area contributed by atoms with E-state index >= 15 is 0 Å². The first-order chi connectivity index (χ1) is 9.97. The number of carbonyl (C=O) groups is 4. The van der Waals surface area contributed by atoms with Crippen molar-refractivity contribution < 1.29 is 19.2 Å². The largest absolute Gasteiger partial charge is 0.291 e. The van der Waals surface area contributed by atoms with E-state index in [2.05, 4.69) is 0 Å². The molecule has 0 bridgehead atoms. The van der Waals surface area contributed by atoms with Gasteiger partial charge in [-0.05, 0) is 25.7 Å². The number of hydrogen-bond donors (Lipinski definition) is 0. The summed E-state index contributed by atoms with van der Waals surface area (Å²) in [5.41, 5.74) is -1.29. The average Bonchev–Trinajstić information content (AvgIpc) is 2.86. The van der Waals surface area contributed by atoms with Crippen LogP contribution in [0.3, 0.4) is 0 Å². The van der Waals surface area contributed by atoms with Gasteiger partial charge in [0.2, 0.25) is 23.1 Å². The van der Waals surface area contributed by atoms with Gasteiger partial charge in [0, 0.05) is 11.8 Å². The lowest BCUT2D eigenvalue weighted by molar-refractivity contribution is -0.146. The van der Waals surface area contributed by atoms with E-state index in [-0.39, 0.29) is 24.7 Å². The van der Waals surface area contributed by atoms with E-state index < -0.39 is 28.5 Å². The quantitative estimate of drug-likeness (QED) is 0.557. The summed E-state index contributed by atoms with van der Waals surface area (Å²) in [6.07, 6.45) is 5.53. The lowest BCUT2D eigenvalue weighted by Gasteiger charge is -2.17. The minimum Gasteiger partial charge on any atom is -0.291 e. The van der Waals surface area contributed by atoms with Crippen molar-refractivity contribution in [2.75, 3.05) is 0 Å². The van der Waals surface area contributed by atoms with Crippen LogP contribution in [-0.2, 0) is 19.2 Å². The molecule has 0 N–H and O–H groups in total. The van der Waals surface area contributed by atoms with Crippen molar-refractivity contribution in [3.63, 3.8) is 0 Å². The number of ketones is 4. The molecule has 4 heteroatoms. The zero-order valence-corrected chi connectivity index (χ0v) is 12.9. The third-order valence-electron chi connectivity index (χ3n) is 5.06. The molecule has 116 valence electrons. The van der Waals surface area contributed by atoms with Crippen molar-refractivity contribution in [2.24, 2.45) is 17.3 Å². The predicted molar refractivity (Wildman–Crippen MR) is 77.7 cm³/mol. The molecule has 0 aromatic carbocycles. The van der Waals surface area contributed by atoms with Crippen LogP contribution < -0.4 is 0 Å². The average molecular weight is 292 g/mol. The first-order valence-electron chi connectivity index (χ1n) is 8.15.